The average Bonchev–Trinajstić information content (AvgIpc) is 3.09. The zero-order valence-corrected chi connectivity index (χ0v) is 9.34. The number of benzene rings is 1. The molecule has 3 heterocycles. The molecule has 1 fully saturated rings. The first kappa shape index (κ1) is 10.2. The maximum absolute atomic E-state index is 11.5. The van der Waals surface area contributed by atoms with E-state index in [1.54, 1.807) is 12.1 Å². The van der Waals surface area contributed by atoms with E-state index >= 15 is 0 Å². The molecule has 1 aromatic rings. The Kier molecular flexibility index (Phi) is 1.79. The third kappa shape index (κ3) is 1.17. The Balaban J connectivity index is 1.93. The third-order valence-corrected chi connectivity index (χ3v) is 3.33. The molecule has 1 aromatic carbocycles. The largest absolute Gasteiger partial charge is 0.386 e. The first-order chi connectivity index (χ1) is 8.69. The molecule has 3 aliphatic rings. The number of ether oxygens (including phenoxy) is 4. The second kappa shape index (κ2) is 3.17. The van der Waals surface area contributed by atoms with Crippen LogP contribution in [-0.2, 0) is 18.9 Å². The van der Waals surface area contributed by atoms with Gasteiger partial charge in [0.25, 0.3) is 0 Å². The van der Waals surface area contributed by atoms with Gasteiger partial charge in [-0.15, -0.1) is 0 Å². The SMILES string of the molecule is COC1OC2OC2c2cc3c(cc21)C(=O)OC3=O. The van der Waals surface area contributed by atoms with E-state index < -0.39 is 18.2 Å². The smallest absolute Gasteiger partial charge is 0.346 e. The van der Waals surface area contributed by atoms with Crippen molar-refractivity contribution in [3.8, 4) is 0 Å². The van der Waals surface area contributed by atoms with Crippen molar-refractivity contribution >= 4 is 11.9 Å². The number of hydrogen-bond donors (Lipinski definition) is 0. The van der Waals surface area contributed by atoms with E-state index in [1.807, 2.05) is 0 Å². The summed E-state index contributed by atoms with van der Waals surface area (Å²) in [5.74, 6) is -1.25. The molecule has 1 saturated heterocycles. The van der Waals surface area contributed by atoms with Crippen LogP contribution in [0.1, 0.15) is 44.2 Å². The lowest BCUT2D eigenvalue weighted by molar-refractivity contribution is -0.159. The predicted molar refractivity (Wildman–Crippen MR) is 54.6 cm³/mol. The fraction of sp³-hybridized carbons (Fsp3) is 0.333. The predicted octanol–water partition coefficient (Wildman–Crippen LogP) is 1.07. The number of hydrogen-bond acceptors (Lipinski definition) is 6. The standard InChI is InChI=1S/C12H8O6/c1-15-11-7-3-6-5(9(13)17-10(6)14)2-4(7)8-12(16-8)18-11/h2-3,8,11-12H,1H3. The van der Waals surface area contributed by atoms with E-state index in [0.29, 0.717) is 5.56 Å². The van der Waals surface area contributed by atoms with Crippen molar-refractivity contribution < 1.29 is 28.5 Å². The molecule has 3 atom stereocenters. The van der Waals surface area contributed by atoms with Crippen LogP contribution in [-0.4, -0.2) is 25.3 Å². The fourth-order valence-corrected chi connectivity index (χ4v) is 2.42. The first-order valence-corrected chi connectivity index (χ1v) is 5.47. The minimum atomic E-state index is -0.633. The van der Waals surface area contributed by atoms with Crippen LogP contribution >= 0.6 is 0 Å². The highest BCUT2D eigenvalue weighted by molar-refractivity contribution is 6.14. The topological polar surface area (TPSA) is 74.4 Å². The third-order valence-electron chi connectivity index (χ3n) is 3.33. The Hall–Kier alpha value is -1.76. The highest BCUT2D eigenvalue weighted by Crippen LogP contribution is 2.50. The van der Waals surface area contributed by atoms with Gasteiger partial charge in [-0.2, -0.15) is 0 Å². The second-order valence-electron chi connectivity index (χ2n) is 4.33. The zero-order valence-electron chi connectivity index (χ0n) is 9.34. The summed E-state index contributed by atoms with van der Waals surface area (Å²) in [7, 11) is 1.51. The summed E-state index contributed by atoms with van der Waals surface area (Å²) in [5.41, 5.74) is 2.07. The lowest BCUT2D eigenvalue weighted by atomic mass is 9.95. The number of carbonyl (C=O) groups excluding carboxylic acids is 2. The second-order valence-corrected chi connectivity index (χ2v) is 4.33. The van der Waals surface area contributed by atoms with Crippen molar-refractivity contribution in [2.45, 2.75) is 18.7 Å². The molecule has 92 valence electrons. The normalized spacial score (nSPS) is 31.5. The van der Waals surface area contributed by atoms with Gasteiger partial charge in [0.2, 0.25) is 0 Å². The molecule has 6 heteroatoms. The molecule has 0 radical (unpaired) electrons. The number of rotatable bonds is 1. The van der Waals surface area contributed by atoms with Crippen molar-refractivity contribution in [2.24, 2.45) is 0 Å². The van der Waals surface area contributed by atoms with Crippen LogP contribution in [0.25, 0.3) is 0 Å². The van der Waals surface area contributed by atoms with Gasteiger partial charge in [0, 0.05) is 12.7 Å². The lowest BCUT2D eigenvalue weighted by Gasteiger charge is -2.22. The number of methoxy groups -OCH3 is 1. The Bertz CT molecular complexity index is 592. The van der Waals surface area contributed by atoms with Crippen molar-refractivity contribution in [1.29, 1.82) is 0 Å². The maximum Gasteiger partial charge on any atom is 0.346 e. The van der Waals surface area contributed by atoms with Gasteiger partial charge in [-0.25, -0.2) is 9.59 Å². The van der Waals surface area contributed by atoms with Crippen LogP contribution in [0.4, 0.5) is 0 Å². The lowest BCUT2D eigenvalue weighted by Crippen LogP contribution is -2.17. The van der Waals surface area contributed by atoms with E-state index in [4.69, 9.17) is 14.2 Å². The number of esters is 2. The molecule has 0 aliphatic carbocycles. The zero-order chi connectivity index (χ0) is 12.4. The van der Waals surface area contributed by atoms with E-state index in [1.165, 1.54) is 7.11 Å². The van der Waals surface area contributed by atoms with Gasteiger partial charge < -0.3 is 18.9 Å². The van der Waals surface area contributed by atoms with Gasteiger partial charge in [-0.05, 0) is 17.7 Å². The van der Waals surface area contributed by atoms with Gasteiger partial charge in [0.15, 0.2) is 12.6 Å². The van der Waals surface area contributed by atoms with E-state index in [0.717, 1.165) is 5.56 Å². The van der Waals surface area contributed by atoms with Gasteiger partial charge in [-0.3, -0.25) is 0 Å². The molecular weight excluding hydrogens is 240 g/mol. The summed E-state index contributed by atoms with van der Waals surface area (Å²) in [5, 5.41) is 0. The van der Waals surface area contributed by atoms with Crippen LogP contribution in [0.5, 0.6) is 0 Å². The Morgan fingerprint density at radius 2 is 1.72 bits per heavy atom. The summed E-state index contributed by atoms with van der Waals surface area (Å²) in [6.07, 6.45) is -1.09. The molecule has 6 nitrogen and oxygen atoms in total. The summed E-state index contributed by atoms with van der Waals surface area (Å²) in [4.78, 5) is 23.0. The highest BCUT2D eigenvalue weighted by atomic mass is 16.8. The van der Waals surface area contributed by atoms with Gasteiger partial charge in [0.05, 0.1) is 11.1 Å². The molecule has 3 unspecified atom stereocenters. The molecule has 0 bridgehead atoms. The van der Waals surface area contributed by atoms with Gasteiger partial charge >= 0.3 is 11.9 Å². The van der Waals surface area contributed by atoms with Crippen molar-refractivity contribution in [3.63, 3.8) is 0 Å². The molecule has 0 saturated carbocycles. The van der Waals surface area contributed by atoms with Crippen LogP contribution < -0.4 is 0 Å². The summed E-state index contributed by atoms with van der Waals surface area (Å²) < 4.78 is 20.6. The Morgan fingerprint density at radius 3 is 2.39 bits per heavy atom. The van der Waals surface area contributed by atoms with Crippen molar-refractivity contribution in [3.05, 3.63) is 34.4 Å². The van der Waals surface area contributed by atoms with Crippen LogP contribution in [0.15, 0.2) is 12.1 Å². The average molecular weight is 248 g/mol. The monoisotopic (exact) mass is 248 g/mol. The van der Waals surface area contributed by atoms with Crippen LogP contribution in [0.2, 0.25) is 0 Å². The van der Waals surface area contributed by atoms with Gasteiger partial charge in [-0.1, -0.05) is 0 Å². The quantitative estimate of drug-likeness (QED) is 0.420. The molecule has 0 spiro atoms. The molecule has 18 heavy (non-hydrogen) atoms. The van der Waals surface area contributed by atoms with Gasteiger partial charge in [0.1, 0.15) is 6.10 Å². The summed E-state index contributed by atoms with van der Waals surface area (Å²) >= 11 is 0. The summed E-state index contributed by atoms with van der Waals surface area (Å²) in [6, 6.07) is 3.22. The molecular formula is C12H8O6. The van der Waals surface area contributed by atoms with Crippen LogP contribution in [0.3, 0.4) is 0 Å². The highest BCUT2D eigenvalue weighted by Gasteiger charge is 2.50. The molecule has 3 aliphatic heterocycles. The molecule has 0 N–H and O–H groups in total. The first-order valence-electron chi connectivity index (χ1n) is 5.47. The summed E-state index contributed by atoms with van der Waals surface area (Å²) in [6.45, 7) is 0. The van der Waals surface area contributed by atoms with E-state index in [2.05, 4.69) is 4.74 Å². The van der Waals surface area contributed by atoms with Crippen molar-refractivity contribution in [2.75, 3.05) is 7.11 Å². The number of fused-ring (bicyclic) bond motifs is 4. The van der Waals surface area contributed by atoms with E-state index in [9.17, 15) is 9.59 Å². The Morgan fingerprint density at radius 1 is 1.06 bits per heavy atom. The van der Waals surface area contributed by atoms with E-state index in [-0.39, 0.29) is 23.5 Å². The molecule has 0 amide bonds. The minimum absolute atomic E-state index is 0.180. The Labute approximate surface area is 101 Å². The number of carbonyl (C=O) groups is 2. The fourth-order valence-electron chi connectivity index (χ4n) is 2.42. The molecule has 0 aromatic heterocycles. The number of cyclic esters (lactones) is 2. The maximum atomic E-state index is 11.5. The number of epoxide rings is 1. The molecule has 4 rings (SSSR count). The van der Waals surface area contributed by atoms with Crippen LogP contribution in [0, 0.1) is 0 Å². The minimum Gasteiger partial charge on any atom is -0.386 e. The van der Waals surface area contributed by atoms with Crippen molar-refractivity contribution in [1.82, 2.24) is 0 Å².